The van der Waals surface area contributed by atoms with E-state index in [1.807, 2.05) is 19.1 Å². The van der Waals surface area contributed by atoms with Crippen LogP contribution in [0.1, 0.15) is 24.5 Å². The molecule has 0 unspecified atom stereocenters. The van der Waals surface area contributed by atoms with Gasteiger partial charge in [-0.3, -0.25) is 4.79 Å². The van der Waals surface area contributed by atoms with Crippen molar-refractivity contribution in [2.75, 3.05) is 5.75 Å². The van der Waals surface area contributed by atoms with E-state index < -0.39 is 0 Å². The van der Waals surface area contributed by atoms with Gasteiger partial charge in [0.1, 0.15) is 0 Å². The minimum Gasteiger partial charge on any atom is -0.288 e. The summed E-state index contributed by atoms with van der Waals surface area (Å²) in [4.78, 5) is 10.7. The van der Waals surface area contributed by atoms with E-state index in [1.165, 1.54) is 17.3 Å². The first-order valence-electron chi connectivity index (χ1n) is 4.98. The Labute approximate surface area is 109 Å². The van der Waals surface area contributed by atoms with E-state index in [0.29, 0.717) is 0 Å². The molecule has 0 radical (unpaired) electrons. The Morgan fingerprint density at radius 1 is 1.50 bits per heavy atom. The average molecular weight is 297 g/mol. The molecule has 84 valence electrons. The number of benzene rings is 1. The van der Waals surface area contributed by atoms with Gasteiger partial charge in [-0.1, -0.05) is 29.7 Å². The maximum atomic E-state index is 10.7. The number of thioether (sulfide) groups is 1. The highest BCUT2D eigenvalue weighted by Gasteiger charge is 1.95. The van der Waals surface area contributed by atoms with Gasteiger partial charge in [-0.15, -0.1) is 0 Å². The van der Waals surface area contributed by atoms with Crippen molar-refractivity contribution < 1.29 is 4.79 Å². The Bertz CT molecular complexity index is 443. The van der Waals surface area contributed by atoms with Crippen LogP contribution < -0.4 is 0 Å². The third-order valence-electron chi connectivity index (χ3n) is 1.88. The SMILES string of the molecule is CC(=O)SCCC#Cc1cc(C)ccc1Br. The minimum absolute atomic E-state index is 0.151. The molecule has 3 heteroatoms. The van der Waals surface area contributed by atoms with Crippen molar-refractivity contribution >= 4 is 32.8 Å². The van der Waals surface area contributed by atoms with E-state index in [-0.39, 0.29) is 5.12 Å². The number of hydrogen-bond acceptors (Lipinski definition) is 2. The number of hydrogen-bond donors (Lipinski definition) is 0. The Balaban J connectivity index is 2.56. The number of halogens is 1. The van der Waals surface area contributed by atoms with Crippen LogP contribution in [0.25, 0.3) is 0 Å². The summed E-state index contributed by atoms with van der Waals surface area (Å²) >= 11 is 4.78. The molecule has 0 heterocycles. The first kappa shape index (κ1) is 13.3. The first-order chi connectivity index (χ1) is 7.59. The summed E-state index contributed by atoms with van der Waals surface area (Å²) in [5.41, 5.74) is 2.21. The second-order valence-electron chi connectivity index (χ2n) is 3.38. The summed E-state index contributed by atoms with van der Waals surface area (Å²) in [5, 5.41) is 0.151. The quantitative estimate of drug-likeness (QED) is 0.610. The highest BCUT2D eigenvalue weighted by Crippen LogP contribution is 2.16. The number of rotatable bonds is 2. The summed E-state index contributed by atoms with van der Waals surface area (Å²) < 4.78 is 1.02. The molecular weight excluding hydrogens is 284 g/mol. The molecule has 0 bridgehead atoms. The van der Waals surface area contributed by atoms with Gasteiger partial charge in [0.05, 0.1) is 0 Å². The van der Waals surface area contributed by atoms with E-state index in [2.05, 4.69) is 33.8 Å². The van der Waals surface area contributed by atoms with Crippen molar-refractivity contribution in [3.05, 3.63) is 33.8 Å². The Morgan fingerprint density at radius 3 is 2.94 bits per heavy atom. The molecule has 0 atom stereocenters. The van der Waals surface area contributed by atoms with Crippen LogP contribution in [0, 0.1) is 18.8 Å². The van der Waals surface area contributed by atoms with Crippen LogP contribution in [0.4, 0.5) is 0 Å². The molecule has 0 aromatic heterocycles. The maximum Gasteiger partial charge on any atom is 0.185 e. The predicted molar refractivity (Wildman–Crippen MR) is 73.5 cm³/mol. The average Bonchev–Trinajstić information content (AvgIpc) is 2.22. The lowest BCUT2D eigenvalue weighted by Gasteiger charge is -1.97. The zero-order valence-corrected chi connectivity index (χ0v) is 11.7. The summed E-state index contributed by atoms with van der Waals surface area (Å²) in [6.07, 6.45) is 0.741. The normalized spacial score (nSPS) is 9.44. The third-order valence-corrected chi connectivity index (χ3v) is 3.38. The van der Waals surface area contributed by atoms with Crippen molar-refractivity contribution in [2.24, 2.45) is 0 Å². The van der Waals surface area contributed by atoms with Gasteiger partial charge in [-0.25, -0.2) is 0 Å². The molecule has 1 rings (SSSR count). The monoisotopic (exact) mass is 296 g/mol. The van der Waals surface area contributed by atoms with Crippen molar-refractivity contribution in [1.82, 2.24) is 0 Å². The summed E-state index contributed by atoms with van der Waals surface area (Å²) in [5.74, 6) is 6.95. The topological polar surface area (TPSA) is 17.1 Å². The molecule has 16 heavy (non-hydrogen) atoms. The fraction of sp³-hybridized carbons (Fsp3) is 0.308. The molecular formula is C13H13BrOS. The molecule has 0 aliphatic carbocycles. The zero-order valence-electron chi connectivity index (χ0n) is 9.34. The van der Waals surface area contributed by atoms with Crippen molar-refractivity contribution in [2.45, 2.75) is 20.3 Å². The van der Waals surface area contributed by atoms with Crippen molar-refractivity contribution in [1.29, 1.82) is 0 Å². The Morgan fingerprint density at radius 2 is 2.25 bits per heavy atom. The van der Waals surface area contributed by atoms with Crippen molar-refractivity contribution in [3.8, 4) is 11.8 Å². The molecule has 1 nitrogen and oxygen atoms in total. The van der Waals surface area contributed by atoms with Gasteiger partial charge in [0.25, 0.3) is 0 Å². The van der Waals surface area contributed by atoms with Crippen LogP contribution in [0.3, 0.4) is 0 Å². The van der Waals surface area contributed by atoms with E-state index in [0.717, 1.165) is 22.2 Å². The van der Waals surface area contributed by atoms with Gasteiger partial charge >= 0.3 is 0 Å². The predicted octanol–water partition coefficient (Wildman–Crippen LogP) is 3.78. The van der Waals surface area contributed by atoms with Crippen LogP contribution in [0.5, 0.6) is 0 Å². The van der Waals surface area contributed by atoms with Gasteiger partial charge in [-0.2, -0.15) is 0 Å². The molecule has 0 spiro atoms. The third kappa shape index (κ3) is 4.87. The van der Waals surface area contributed by atoms with Gasteiger partial charge in [0, 0.05) is 29.1 Å². The Hall–Kier alpha value is -0.720. The molecule has 0 aliphatic heterocycles. The highest BCUT2D eigenvalue weighted by molar-refractivity contribution is 9.10. The Kier molecular flexibility index (Phi) is 5.65. The number of aryl methyl sites for hydroxylation is 1. The van der Waals surface area contributed by atoms with Crippen LogP contribution in [-0.4, -0.2) is 10.9 Å². The first-order valence-corrected chi connectivity index (χ1v) is 6.76. The second-order valence-corrected chi connectivity index (χ2v) is 5.50. The molecule has 1 aromatic carbocycles. The maximum absolute atomic E-state index is 10.7. The van der Waals surface area contributed by atoms with Gasteiger partial charge in [-0.05, 0) is 40.5 Å². The lowest BCUT2D eigenvalue weighted by atomic mass is 10.1. The molecule has 0 N–H and O–H groups in total. The van der Waals surface area contributed by atoms with Gasteiger partial charge in [0.2, 0.25) is 0 Å². The smallest absolute Gasteiger partial charge is 0.185 e. The lowest BCUT2D eigenvalue weighted by Crippen LogP contribution is -1.84. The molecule has 0 amide bonds. The highest BCUT2D eigenvalue weighted by atomic mass is 79.9. The van der Waals surface area contributed by atoms with Crippen LogP contribution in [0.2, 0.25) is 0 Å². The fourth-order valence-corrected chi connectivity index (χ4v) is 1.98. The van der Waals surface area contributed by atoms with E-state index in [1.54, 1.807) is 6.92 Å². The molecule has 0 aliphatic rings. The molecule has 0 saturated heterocycles. The number of carbonyl (C=O) groups is 1. The molecule has 0 saturated carbocycles. The molecule has 0 fully saturated rings. The van der Waals surface area contributed by atoms with Crippen LogP contribution >= 0.6 is 27.7 Å². The van der Waals surface area contributed by atoms with Gasteiger partial charge < -0.3 is 0 Å². The lowest BCUT2D eigenvalue weighted by molar-refractivity contribution is -0.109. The van der Waals surface area contributed by atoms with Crippen LogP contribution in [-0.2, 0) is 4.79 Å². The van der Waals surface area contributed by atoms with E-state index >= 15 is 0 Å². The zero-order chi connectivity index (χ0) is 12.0. The minimum atomic E-state index is 0.151. The van der Waals surface area contributed by atoms with E-state index in [9.17, 15) is 4.79 Å². The molecule has 1 aromatic rings. The second kappa shape index (κ2) is 6.78. The fourth-order valence-electron chi connectivity index (χ4n) is 1.14. The summed E-state index contributed by atoms with van der Waals surface area (Å²) in [7, 11) is 0. The number of carbonyl (C=O) groups excluding carboxylic acids is 1. The summed E-state index contributed by atoms with van der Waals surface area (Å²) in [6, 6.07) is 6.10. The largest absolute Gasteiger partial charge is 0.288 e. The summed E-state index contributed by atoms with van der Waals surface area (Å²) in [6.45, 7) is 3.62. The van der Waals surface area contributed by atoms with E-state index in [4.69, 9.17) is 0 Å². The van der Waals surface area contributed by atoms with Gasteiger partial charge in [0.15, 0.2) is 5.12 Å². The van der Waals surface area contributed by atoms with Crippen molar-refractivity contribution in [3.63, 3.8) is 0 Å². The van der Waals surface area contributed by atoms with Crippen LogP contribution in [0.15, 0.2) is 22.7 Å². The standard InChI is InChI=1S/C13H13BrOS/c1-10-6-7-13(14)12(9-10)5-3-4-8-16-11(2)15/h6-7,9H,4,8H2,1-2H3.